The Labute approximate surface area is 182 Å². The third kappa shape index (κ3) is 5.98. The van der Waals surface area contributed by atoms with Crippen molar-refractivity contribution in [2.24, 2.45) is 5.92 Å². The molecule has 7 nitrogen and oxygen atoms in total. The summed E-state index contributed by atoms with van der Waals surface area (Å²) >= 11 is 6.37. The minimum Gasteiger partial charge on any atom is -0.444 e. The van der Waals surface area contributed by atoms with Gasteiger partial charge in [0.05, 0.1) is 5.92 Å². The standard InChI is InChI=1S/C22H29ClN4O3/c1-22(2,3)30-21(29)25-11-10-24-20(28)16-8-6-12-27(14-16)18-13-15-7-4-5-9-17(15)19(23)26-18/h4-5,7,9,13,16H,6,8,10-12,14H2,1-3H3,(H,24,28)(H,25,29). The summed E-state index contributed by atoms with van der Waals surface area (Å²) in [5, 5.41) is 7.98. The maximum atomic E-state index is 12.6. The van der Waals surface area contributed by atoms with E-state index >= 15 is 0 Å². The van der Waals surface area contributed by atoms with Crippen molar-refractivity contribution in [3.8, 4) is 0 Å². The Morgan fingerprint density at radius 2 is 1.97 bits per heavy atom. The number of aromatic nitrogens is 1. The van der Waals surface area contributed by atoms with Gasteiger partial charge in [-0.15, -0.1) is 0 Å². The monoisotopic (exact) mass is 432 g/mol. The fourth-order valence-corrected chi connectivity index (χ4v) is 3.77. The lowest BCUT2D eigenvalue weighted by molar-refractivity contribution is -0.125. The number of ether oxygens (including phenoxy) is 1. The second kappa shape index (κ2) is 9.51. The summed E-state index contributed by atoms with van der Waals surface area (Å²) in [6.45, 7) is 7.52. The van der Waals surface area contributed by atoms with Gasteiger partial charge in [0.2, 0.25) is 5.91 Å². The molecule has 0 bridgehead atoms. The first-order valence-electron chi connectivity index (χ1n) is 10.3. The number of anilines is 1. The largest absolute Gasteiger partial charge is 0.444 e. The van der Waals surface area contributed by atoms with E-state index < -0.39 is 11.7 Å². The Balaban J connectivity index is 1.52. The van der Waals surface area contributed by atoms with E-state index in [1.54, 1.807) is 20.8 Å². The van der Waals surface area contributed by atoms with Crippen LogP contribution < -0.4 is 15.5 Å². The zero-order chi connectivity index (χ0) is 21.7. The predicted octanol–water partition coefficient (Wildman–Crippen LogP) is 3.75. The minimum atomic E-state index is -0.543. The highest BCUT2D eigenvalue weighted by Crippen LogP contribution is 2.29. The molecule has 2 N–H and O–H groups in total. The van der Waals surface area contributed by atoms with Crippen molar-refractivity contribution in [3.63, 3.8) is 0 Å². The fraction of sp³-hybridized carbons (Fsp3) is 0.500. The zero-order valence-electron chi connectivity index (χ0n) is 17.7. The molecule has 2 heterocycles. The van der Waals surface area contributed by atoms with Gasteiger partial charge in [0.15, 0.2) is 0 Å². The van der Waals surface area contributed by atoms with Crippen molar-refractivity contribution in [1.29, 1.82) is 0 Å². The number of hydrogen-bond donors (Lipinski definition) is 2. The van der Waals surface area contributed by atoms with Crippen molar-refractivity contribution in [3.05, 3.63) is 35.5 Å². The van der Waals surface area contributed by atoms with Crippen molar-refractivity contribution in [2.75, 3.05) is 31.1 Å². The van der Waals surface area contributed by atoms with Crippen molar-refractivity contribution in [2.45, 2.75) is 39.2 Å². The Morgan fingerprint density at radius 1 is 1.23 bits per heavy atom. The summed E-state index contributed by atoms with van der Waals surface area (Å²) in [4.78, 5) is 30.9. The van der Waals surface area contributed by atoms with Gasteiger partial charge in [-0.2, -0.15) is 0 Å². The summed E-state index contributed by atoms with van der Waals surface area (Å²) in [5.41, 5.74) is -0.543. The zero-order valence-corrected chi connectivity index (χ0v) is 18.5. The molecule has 0 spiro atoms. The lowest BCUT2D eigenvalue weighted by atomic mass is 9.97. The van der Waals surface area contributed by atoms with Crippen LogP contribution in [0.15, 0.2) is 30.3 Å². The second-order valence-corrected chi connectivity index (χ2v) is 8.86. The molecule has 1 aromatic heterocycles. The highest BCUT2D eigenvalue weighted by Gasteiger charge is 2.27. The van der Waals surface area contributed by atoms with Gasteiger partial charge in [0.25, 0.3) is 0 Å². The fourth-order valence-electron chi connectivity index (χ4n) is 3.51. The van der Waals surface area contributed by atoms with Crippen molar-refractivity contribution < 1.29 is 14.3 Å². The Kier molecular flexibility index (Phi) is 7.02. The number of hydrogen-bond acceptors (Lipinski definition) is 5. The molecular weight excluding hydrogens is 404 g/mol. The predicted molar refractivity (Wildman–Crippen MR) is 119 cm³/mol. The van der Waals surface area contributed by atoms with Gasteiger partial charge in [0.1, 0.15) is 16.6 Å². The molecule has 2 amide bonds. The summed E-state index contributed by atoms with van der Waals surface area (Å²) in [6.07, 6.45) is 1.24. The van der Waals surface area contributed by atoms with E-state index in [2.05, 4.69) is 20.5 Å². The van der Waals surface area contributed by atoms with Crippen molar-refractivity contribution in [1.82, 2.24) is 15.6 Å². The maximum Gasteiger partial charge on any atom is 0.407 e. The van der Waals surface area contributed by atoms with E-state index in [9.17, 15) is 9.59 Å². The number of nitrogens with zero attached hydrogens (tertiary/aromatic N) is 2. The molecule has 30 heavy (non-hydrogen) atoms. The topological polar surface area (TPSA) is 83.6 Å². The van der Waals surface area contributed by atoms with Gasteiger partial charge >= 0.3 is 6.09 Å². The molecule has 1 atom stereocenters. The van der Waals surface area contributed by atoms with E-state index in [-0.39, 0.29) is 11.8 Å². The van der Waals surface area contributed by atoms with Gasteiger partial charge in [-0.3, -0.25) is 4.79 Å². The van der Waals surface area contributed by atoms with Crippen LogP contribution in [0.5, 0.6) is 0 Å². The van der Waals surface area contributed by atoms with Crippen LogP contribution in [0.2, 0.25) is 5.15 Å². The van der Waals surface area contributed by atoms with Gasteiger partial charge < -0.3 is 20.3 Å². The lowest BCUT2D eigenvalue weighted by Gasteiger charge is -2.33. The van der Waals surface area contributed by atoms with Crippen LogP contribution in [0.3, 0.4) is 0 Å². The molecule has 3 rings (SSSR count). The molecule has 1 aliphatic heterocycles. The van der Waals surface area contributed by atoms with Crippen molar-refractivity contribution >= 4 is 40.2 Å². The number of piperidine rings is 1. The molecule has 0 saturated carbocycles. The van der Waals surface area contributed by atoms with Gasteiger partial charge in [0, 0.05) is 31.6 Å². The Bertz CT molecular complexity index is 913. The van der Waals surface area contributed by atoms with Crippen LogP contribution in [-0.2, 0) is 9.53 Å². The summed E-state index contributed by atoms with van der Waals surface area (Å²) < 4.78 is 5.18. The number of fused-ring (bicyclic) bond motifs is 1. The molecule has 1 unspecified atom stereocenters. The number of nitrogens with one attached hydrogen (secondary N) is 2. The minimum absolute atomic E-state index is 0.0161. The highest BCUT2D eigenvalue weighted by molar-refractivity contribution is 6.34. The average Bonchev–Trinajstić information content (AvgIpc) is 2.70. The summed E-state index contributed by atoms with van der Waals surface area (Å²) in [5.74, 6) is 0.646. The molecule has 0 radical (unpaired) electrons. The third-order valence-corrected chi connectivity index (χ3v) is 5.18. The smallest absolute Gasteiger partial charge is 0.407 e. The molecule has 8 heteroatoms. The number of rotatable bonds is 5. The second-order valence-electron chi connectivity index (χ2n) is 8.50. The van der Waals surface area contributed by atoms with E-state index in [0.717, 1.165) is 36.0 Å². The third-order valence-electron chi connectivity index (χ3n) is 4.89. The molecular formula is C22H29ClN4O3. The molecule has 0 aliphatic carbocycles. The quantitative estimate of drug-likeness (QED) is 0.555. The Hall–Kier alpha value is -2.54. The van der Waals surface area contributed by atoms with E-state index in [1.165, 1.54) is 0 Å². The number of carbonyl (C=O) groups excluding carboxylic acids is 2. The van der Waals surface area contributed by atoms with Crippen LogP contribution in [0, 0.1) is 5.92 Å². The number of carbonyl (C=O) groups is 2. The number of pyridine rings is 1. The lowest BCUT2D eigenvalue weighted by Crippen LogP contribution is -2.45. The average molecular weight is 433 g/mol. The molecule has 1 fully saturated rings. The van der Waals surface area contributed by atoms with E-state index in [0.29, 0.717) is 24.8 Å². The number of amides is 2. The van der Waals surface area contributed by atoms with Gasteiger partial charge in [-0.1, -0.05) is 35.9 Å². The van der Waals surface area contributed by atoms with Crippen LogP contribution in [-0.4, -0.2) is 48.8 Å². The van der Waals surface area contributed by atoms with Crippen LogP contribution >= 0.6 is 11.6 Å². The first-order valence-corrected chi connectivity index (χ1v) is 10.7. The Morgan fingerprint density at radius 3 is 2.73 bits per heavy atom. The van der Waals surface area contributed by atoms with E-state index in [4.69, 9.17) is 16.3 Å². The first-order chi connectivity index (χ1) is 14.2. The maximum absolute atomic E-state index is 12.6. The molecule has 162 valence electrons. The number of benzene rings is 1. The molecule has 1 aliphatic rings. The number of alkyl carbamates (subject to hydrolysis) is 1. The van der Waals surface area contributed by atoms with Crippen LogP contribution in [0.4, 0.5) is 10.6 Å². The van der Waals surface area contributed by atoms with Crippen LogP contribution in [0.1, 0.15) is 33.6 Å². The normalized spacial score (nSPS) is 16.9. The number of halogens is 1. The highest BCUT2D eigenvalue weighted by atomic mass is 35.5. The van der Waals surface area contributed by atoms with Gasteiger partial charge in [-0.25, -0.2) is 9.78 Å². The molecule has 2 aromatic rings. The first kappa shape index (κ1) is 22.2. The molecule has 1 aromatic carbocycles. The summed E-state index contributed by atoms with van der Waals surface area (Å²) in [7, 11) is 0. The molecule has 1 saturated heterocycles. The van der Waals surface area contributed by atoms with E-state index in [1.807, 2.05) is 30.3 Å². The van der Waals surface area contributed by atoms with Crippen LogP contribution in [0.25, 0.3) is 10.8 Å². The SMILES string of the molecule is CC(C)(C)OC(=O)NCCNC(=O)C1CCCN(c2cc3ccccc3c(Cl)n2)C1. The van der Waals surface area contributed by atoms with Gasteiger partial charge in [-0.05, 0) is 45.1 Å². The summed E-state index contributed by atoms with van der Waals surface area (Å²) in [6, 6.07) is 9.89.